The lowest BCUT2D eigenvalue weighted by molar-refractivity contribution is -0.159. The Bertz CT molecular complexity index is 724. The summed E-state index contributed by atoms with van der Waals surface area (Å²) in [6.45, 7) is 9.38. The molecule has 0 bridgehead atoms. The van der Waals surface area contributed by atoms with E-state index in [1.165, 1.54) is 20.3 Å². The molecule has 7 heteroatoms. The van der Waals surface area contributed by atoms with Crippen molar-refractivity contribution in [1.29, 1.82) is 0 Å². The second-order valence-corrected chi connectivity index (χ2v) is 8.51. The van der Waals surface area contributed by atoms with Crippen LogP contribution < -0.4 is 5.32 Å². The Morgan fingerprint density at radius 3 is 2.31 bits per heavy atom. The van der Waals surface area contributed by atoms with Gasteiger partial charge in [-0.15, -0.1) is 0 Å². The Balaban J connectivity index is 3.23. The first-order valence-electron chi connectivity index (χ1n) is 9.53. The highest BCUT2D eigenvalue weighted by atomic mass is 35.5. The number of benzene rings is 1. The van der Waals surface area contributed by atoms with Crippen LogP contribution in [0.2, 0.25) is 5.02 Å². The van der Waals surface area contributed by atoms with Crippen molar-refractivity contribution < 1.29 is 23.8 Å². The molecule has 1 N–H and O–H groups in total. The summed E-state index contributed by atoms with van der Waals surface area (Å²) in [4.78, 5) is 24.4. The average molecular weight is 426 g/mol. The zero-order chi connectivity index (χ0) is 22.2. The summed E-state index contributed by atoms with van der Waals surface area (Å²) in [6, 6.07) is 6.43. The molecule has 0 amide bonds. The molecule has 0 spiro atoms. The molecular weight excluding hydrogens is 394 g/mol. The van der Waals surface area contributed by atoms with Crippen molar-refractivity contribution in [2.24, 2.45) is 5.92 Å². The first kappa shape index (κ1) is 25.0. The average Bonchev–Trinajstić information content (AvgIpc) is 2.61. The molecule has 0 aromatic heterocycles. The van der Waals surface area contributed by atoms with E-state index < -0.39 is 17.6 Å². The molecule has 29 heavy (non-hydrogen) atoms. The SMILES string of the molecule is COC(=O)/C=C(\C[C@H](N[C@H](C(=O)OC(C)(C)C)C(C)C)c1cccc(Cl)c1)OC. The van der Waals surface area contributed by atoms with Crippen molar-refractivity contribution in [2.75, 3.05) is 14.2 Å². The third kappa shape index (κ3) is 8.88. The predicted octanol–water partition coefficient (Wildman–Crippen LogP) is 4.43. The van der Waals surface area contributed by atoms with Crippen molar-refractivity contribution in [3.05, 3.63) is 46.7 Å². The lowest BCUT2D eigenvalue weighted by Gasteiger charge is -2.30. The van der Waals surface area contributed by atoms with E-state index in [0.29, 0.717) is 17.2 Å². The normalized spacial score (nSPS) is 14.3. The molecule has 2 atom stereocenters. The molecule has 0 saturated heterocycles. The van der Waals surface area contributed by atoms with Gasteiger partial charge in [0.05, 0.1) is 20.3 Å². The highest BCUT2D eigenvalue weighted by molar-refractivity contribution is 6.30. The molecule has 1 aromatic rings. The molecule has 0 aliphatic heterocycles. The maximum atomic E-state index is 12.8. The predicted molar refractivity (Wildman–Crippen MR) is 114 cm³/mol. The Morgan fingerprint density at radius 2 is 1.83 bits per heavy atom. The van der Waals surface area contributed by atoms with Gasteiger partial charge in [-0.2, -0.15) is 0 Å². The minimum absolute atomic E-state index is 0.0258. The summed E-state index contributed by atoms with van der Waals surface area (Å²) in [5.74, 6) is -0.460. The molecule has 0 saturated carbocycles. The molecular formula is C22H32ClNO5. The smallest absolute Gasteiger partial charge is 0.333 e. The van der Waals surface area contributed by atoms with Crippen LogP contribution in [0.25, 0.3) is 0 Å². The van der Waals surface area contributed by atoms with Gasteiger partial charge in [0.15, 0.2) is 0 Å². The lowest BCUT2D eigenvalue weighted by atomic mass is 9.97. The maximum Gasteiger partial charge on any atom is 0.333 e. The fraction of sp³-hybridized carbons (Fsp3) is 0.545. The van der Waals surface area contributed by atoms with Crippen LogP contribution in [0.1, 0.15) is 52.6 Å². The van der Waals surface area contributed by atoms with Crippen molar-refractivity contribution in [3.63, 3.8) is 0 Å². The molecule has 1 aromatic carbocycles. The monoisotopic (exact) mass is 425 g/mol. The fourth-order valence-electron chi connectivity index (χ4n) is 2.70. The van der Waals surface area contributed by atoms with E-state index in [-0.39, 0.29) is 17.9 Å². The lowest BCUT2D eigenvalue weighted by Crippen LogP contribution is -2.46. The van der Waals surface area contributed by atoms with Gasteiger partial charge >= 0.3 is 11.9 Å². The number of halogens is 1. The highest BCUT2D eigenvalue weighted by Crippen LogP contribution is 2.26. The van der Waals surface area contributed by atoms with E-state index in [2.05, 4.69) is 5.32 Å². The minimum Gasteiger partial charge on any atom is -0.501 e. The number of hydrogen-bond donors (Lipinski definition) is 1. The summed E-state index contributed by atoms with van der Waals surface area (Å²) >= 11 is 6.18. The number of hydrogen-bond acceptors (Lipinski definition) is 6. The van der Waals surface area contributed by atoms with Crippen LogP contribution in [-0.2, 0) is 23.8 Å². The molecule has 162 valence electrons. The molecule has 6 nitrogen and oxygen atoms in total. The van der Waals surface area contributed by atoms with Gasteiger partial charge < -0.3 is 14.2 Å². The largest absolute Gasteiger partial charge is 0.501 e. The first-order chi connectivity index (χ1) is 13.5. The number of nitrogens with one attached hydrogen (secondary N) is 1. The third-order valence-corrected chi connectivity index (χ3v) is 4.34. The van der Waals surface area contributed by atoms with E-state index in [0.717, 1.165) is 5.56 Å². The molecule has 0 heterocycles. The molecule has 0 radical (unpaired) electrons. The summed E-state index contributed by atoms with van der Waals surface area (Å²) in [5, 5.41) is 3.94. The van der Waals surface area contributed by atoms with Gasteiger partial charge in [-0.05, 0) is 44.4 Å². The van der Waals surface area contributed by atoms with Gasteiger partial charge in [0, 0.05) is 17.5 Å². The first-order valence-corrected chi connectivity index (χ1v) is 9.91. The number of methoxy groups -OCH3 is 2. The van der Waals surface area contributed by atoms with Crippen molar-refractivity contribution in [1.82, 2.24) is 5.32 Å². The Morgan fingerprint density at radius 1 is 1.17 bits per heavy atom. The van der Waals surface area contributed by atoms with Crippen LogP contribution in [-0.4, -0.2) is 37.8 Å². The van der Waals surface area contributed by atoms with Crippen molar-refractivity contribution >= 4 is 23.5 Å². The van der Waals surface area contributed by atoms with E-state index in [4.69, 9.17) is 25.8 Å². The van der Waals surface area contributed by atoms with Gasteiger partial charge in [-0.1, -0.05) is 37.6 Å². The Labute approximate surface area is 178 Å². The van der Waals surface area contributed by atoms with Gasteiger partial charge in [-0.25, -0.2) is 4.79 Å². The maximum absolute atomic E-state index is 12.8. The van der Waals surface area contributed by atoms with Gasteiger partial charge in [0.2, 0.25) is 0 Å². The zero-order valence-corrected chi connectivity index (χ0v) is 19.0. The second-order valence-electron chi connectivity index (χ2n) is 8.07. The molecule has 1 rings (SSSR count). The van der Waals surface area contributed by atoms with Crippen LogP contribution in [0, 0.1) is 5.92 Å². The van der Waals surface area contributed by atoms with Crippen LogP contribution >= 0.6 is 11.6 Å². The summed E-state index contributed by atoms with van der Waals surface area (Å²) in [7, 11) is 2.79. The topological polar surface area (TPSA) is 73.9 Å². The molecule has 0 unspecified atom stereocenters. The molecule has 0 fully saturated rings. The molecule has 0 aliphatic carbocycles. The number of carbonyl (C=O) groups excluding carboxylic acids is 2. The number of rotatable bonds is 9. The highest BCUT2D eigenvalue weighted by Gasteiger charge is 2.30. The Kier molecular flexibility index (Phi) is 9.66. The fourth-order valence-corrected chi connectivity index (χ4v) is 2.90. The van der Waals surface area contributed by atoms with E-state index in [1.54, 1.807) is 6.07 Å². The zero-order valence-electron chi connectivity index (χ0n) is 18.2. The summed E-state index contributed by atoms with van der Waals surface area (Å²) in [5.41, 5.74) is 0.263. The standard InChI is InChI=1S/C22H32ClNO5/c1-14(2)20(21(26)29-22(3,4)5)24-18(15-9-8-10-16(23)11-15)12-17(27-6)13-19(25)28-7/h8-11,13-14,18,20,24H,12H2,1-7H3/b17-13+/t18-,20-/m0/s1. The van der Waals surface area contributed by atoms with Crippen molar-refractivity contribution in [2.45, 2.75) is 58.7 Å². The number of esters is 2. The summed E-state index contributed by atoms with van der Waals surface area (Å²) in [6.07, 6.45) is 1.61. The number of carbonyl (C=O) groups is 2. The number of ether oxygens (including phenoxy) is 3. The minimum atomic E-state index is -0.597. The Hall–Kier alpha value is -2.05. The van der Waals surface area contributed by atoms with E-state index >= 15 is 0 Å². The quantitative estimate of drug-likeness (QED) is 0.358. The van der Waals surface area contributed by atoms with Gasteiger partial charge in [-0.3, -0.25) is 10.1 Å². The van der Waals surface area contributed by atoms with Gasteiger partial charge in [0.1, 0.15) is 17.4 Å². The van der Waals surface area contributed by atoms with E-state index in [1.807, 2.05) is 52.8 Å². The second kappa shape index (κ2) is 11.2. The van der Waals surface area contributed by atoms with Crippen LogP contribution in [0.3, 0.4) is 0 Å². The summed E-state index contributed by atoms with van der Waals surface area (Å²) < 4.78 is 15.6. The van der Waals surface area contributed by atoms with E-state index in [9.17, 15) is 9.59 Å². The third-order valence-electron chi connectivity index (χ3n) is 4.11. The van der Waals surface area contributed by atoms with Crippen LogP contribution in [0.5, 0.6) is 0 Å². The van der Waals surface area contributed by atoms with Crippen molar-refractivity contribution in [3.8, 4) is 0 Å². The van der Waals surface area contributed by atoms with Gasteiger partial charge in [0.25, 0.3) is 0 Å². The van der Waals surface area contributed by atoms with Crippen LogP contribution in [0.15, 0.2) is 36.1 Å². The molecule has 0 aliphatic rings. The van der Waals surface area contributed by atoms with Crippen LogP contribution in [0.4, 0.5) is 0 Å².